The Balaban J connectivity index is 1.42. The zero-order valence-corrected chi connectivity index (χ0v) is 16.1. The zero-order valence-electron chi connectivity index (χ0n) is 15.3. The quantitative estimate of drug-likeness (QED) is 0.680. The first-order valence-corrected chi connectivity index (χ1v) is 10.5. The van der Waals surface area contributed by atoms with Gasteiger partial charge in [0.15, 0.2) is 0 Å². The van der Waals surface area contributed by atoms with E-state index in [0.717, 1.165) is 17.5 Å². The molecule has 0 aromatic heterocycles. The highest BCUT2D eigenvalue weighted by Gasteiger charge is 2.38. The first-order chi connectivity index (χ1) is 12.8. The Morgan fingerprint density at radius 1 is 0.923 bits per heavy atom. The second kappa shape index (κ2) is 6.90. The van der Waals surface area contributed by atoms with Gasteiger partial charge in [0, 0.05) is 36.4 Å². The molecular formula is C23H27ClN2. The average Bonchev–Trinajstić information content (AvgIpc) is 2.97. The monoisotopic (exact) mass is 366 g/mol. The van der Waals surface area contributed by atoms with Crippen LogP contribution in [0.3, 0.4) is 0 Å². The summed E-state index contributed by atoms with van der Waals surface area (Å²) in [6.07, 6.45) is 6.64. The number of hydrogen-bond donors (Lipinski definition) is 0. The highest BCUT2D eigenvalue weighted by Crippen LogP contribution is 2.50. The van der Waals surface area contributed by atoms with Crippen molar-refractivity contribution in [3.8, 4) is 0 Å². The van der Waals surface area contributed by atoms with E-state index in [1.165, 1.54) is 63.0 Å². The van der Waals surface area contributed by atoms with Crippen molar-refractivity contribution in [1.82, 2.24) is 4.90 Å². The molecule has 136 valence electrons. The summed E-state index contributed by atoms with van der Waals surface area (Å²) in [6.45, 7) is 4.64. The number of piperidine rings is 2. The fraction of sp³-hybridized carbons (Fsp3) is 0.478. The van der Waals surface area contributed by atoms with Gasteiger partial charge in [0.25, 0.3) is 0 Å². The summed E-state index contributed by atoms with van der Waals surface area (Å²) >= 11 is 6.20. The summed E-state index contributed by atoms with van der Waals surface area (Å²) in [5, 5.41) is 0.844. The molecule has 0 radical (unpaired) electrons. The maximum Gasteiger partial charge on any atom is 0.0409 e. The SMILES string of the molecule is Clc1cccc(CN2CCC3C[C@H]2c2cc(N4CCCCC4)ccc23)c1. The number of benzene rings is 2. The molecule has 1 unspecified atom stereocenters. The Morgan fingerprint density at radius 2 is 1.81 bits per heavy atom. The van der Waals surface area contributed by atoms with Gasteiger partial charge in [-0.25, -0.2) is 0 Å². The van der Waals surface area contributed by atoms with Gasteiger partial charge in [0.05, 0.1) is 0 Å². The van der Waals surface area contributed by atoms with Gasteiger partial charge in [-0.05, 0) is 85.5 Å². The minimum Gasteiger partial charge on any atom is -0.372 e. The van der Waals surface area contributed by atoms with Gasteiger partial charge in [-0.15, -0.1) is 0 Å². The van der Waals surface area contributed by atoms with Crippen LogP contribution in [0, 0.1) is 0 Å². The Labute approximate surface area is 161 Å². The molecule has 0 spiro atoms. The molecule has 2 bridgehead atoms. The summed E-state index contributed by atoms with van der Waals surface area (Å²) in [5.74, 6) is 0.765. The van der Waals surface area contributed by atoms with E-state index in [4.69, 9.17) is 11.6 Å². The smallest absolute Gasteiger partial charge is 0.0409 e. The van der Waals surface area contributed by atoms with Crippen molar-refractivity contribution in [1.29, 1.82) is 0 Å². The highest BCUT2D eigenvalue weighted by molar-refractivity contribution is 6.30. The number of anilines is 1. The lowest BCUT2D eigenvalue weighted by Crippen LogP contribution is -2.32. The van der Waals surface area contributed by atoms with E-state index in [0.29, 0.717) is 6.04 Å². The topological polar surface area (TPSA) is 6.48 Å². The van der Waals surface area contributed by atoms with Crippen LogP contribution in [0.1, 0.15) is 60.8 Å². The molecule has 5 rings (SSSR count). The Morgan fingerprint density at radius 3 is 2.65 bits per heavy atom. The molecule has 2 nitrogen and oxygen atoms in total. The van der Waals surface area contributed by atoms with E-state index >= 15 is 0 Å². The third-order valence-electron chi connectivity index (χ3n) is 6.58. The van der Waals surface area contributed by atoms with Gasteiger partial charge in [-0.2, -0.15) is 0 Å². The summed E-state index contributed by atoms with van der Waals surface area (Å²) in [4.78, 5) is 5.27. The normalized spacial score (nSPS) is 25.3. The second-order valence-corrected chi connectivity index (χ2v) is 8.63. The van der Waals surface area contributed by atoms with Crippen molar-refractivity contribution < 1.29 is 0 Å². The van der Waals surface area contributed by atoms with E-state index in [9.17, 15) is 0 Å². The summed E-state index contributed by atoms with van der Waals surface area (Å²) < 4.78 is 0. The standard InChI is InChI=1S/C23H27ClN2/c24-19-6-4-5-17(13-19)16-26-12-9-18-14-23(26)22-15-20(7-8-21(18)22)25-10-2-1-3-11-25/h4-8,13,15,18,23H,1-3,9-12,14,16H2/t18?,23-/m0/s1. The molecule has 3 heteroatoms. The third-order valence-corrected chi connectivity index (χ3v) is 6.81. The van der Waals surface area contributed by atoms with E-state index in [2.05, 4.69) is 46.2 Å². The van der Waals surface area contributed by atoms with Gasteiger partial charge >= 0.3 is 0 Å². The minimum absolute atomic E-state index is 0.576. The molecular weight excluding hydrogens is 340 g/mol. The summed E-state index contributed by atoms with van der Waals surface area (Å²) in [7, 11) is 0. The fourth-order valence-corrected chi connectivity index (χ4v) is 5.46. The molecule has 2 aliphatic heterocycles. The Kier molecular flexibility index (Phi) is 4.42. The Hall–Kier alpha value is -1.51. The van der Waals surface area contributed by atoms with E-state index < -0.39 is 0 Å². The van der Waals surface area contributed by atoms with Crippen LogP contribution in [0.4, 0.5) is 5.69 Å². The molecule has 2 aromatic rings. The lowest BCUT2D eigenvalue weighted by molar-refractivity contribution is 0.145. The van der Waals surface area contributed by atoms with Crippen LogP contribution in [0.2, 0.25) is 5.02 Å². The molecule has 2 heterocycles. The number of halogens is 1. The molecule has 2 saturated heterocycles. The second-order valence-electron chi connectivity index (χ2n) is 8.20. The van der Waals surface area contributed by atoms with Crippen LogP contribution in [0.15, 0.2) is 42.5 Å². The van der Waals surface area contributed by atoms with Crippen molar-refractivity contribution in [2.24, 2.45) is 0 Å². The lowest BCUT2D eigenvalue weighted by atomic mass is 9.95. The predicted molar refractivity (Wildman–Crippen MR) is 109 cm³/mol. The first kappa shape index (κ1) is 16.6. The molecule has 2 atom stereocenters. The van der Waals surface area contributed by atoms with Crippen LogP contribution in [0.5, 0.6) is 0 Å². The molecule has 2 fully saturated rings. The predicted octanol–water partition coefficient (Wildman–Crippen LogP) is 5.76. The maximum atomic E-state index is 6.20. The largest absolute Gasteiger partial charge is 0.372 e. The van der Waals surface area contributed by atoms with Gasteiger partial charge in [0.2, 0.25) is 0 Å². The van der Waals surface area contributed by atoms with E-state index in [1.54, 1.807) is 11.1 Å². The molecule has 26 heavy (non-hydrogen) atoms. The summed E-state index contributed by atoms with van der Waals surface area (Å²) in [5.41, 5.74) is 5.98. The van der Waals surface area contributed by atoms with Crippen LogP contribution in [-0.4, -0.2) is 24.5 Å². The highest BCUT2D eigenvalue weighted by atomic mass is 35.5. The van der Waals surface area contributed by atoms with Gasteiger partial charge in [-0.1, -0.05) is 29.8 Å². The minimum atomic E-state index is 0.576. The number of nitrogens with zero attached hydrogens (tertiary/aromatic N) is 2. The van der Waals surface area contributed by atoms with Crippen LogP contribution < -0.4 is 4.90 Å². The van der Waals surface area contributed by atoms with E-state index in [1.807, 2.05) is 6.07 Å². The number of fused-ring (bicyclic) bond motifs is 5. The molecule has 0 amide bonds. The van der Waals surface area contributed by atoms with Crippen molar-refractivity contribution in [3.05, 3.63) is 64.2 Å². The van der Waals surface area contributed by atoms with Crippen molar-refractivity contribution in [2.75, 3.05) is 24.5 Å². The maximum absolute atomic E-state index is 6.20. The van der Waals surface area contributed by atoms with Gasteiger partial charge in [0.1, 0.15) is 0 Å². The molecule has 1 aliphatic carbocycles. The number of hydrogen-bond acceptors (Lipinski definition) is 2. The third kappa shape index (κ3) is 3.04. The Bertz CT molecular complexity index is 797. The van der Waals surface area contributed by atoms with Gasteiger partial charge < -0.3 is 4.90 Å². The average molecular weight is 367 g/mol. The van der Waals surface area contributed by atoms with E-state index in [-0.39, 0.29) is 0 Å². The first-order valence-electron chi connectivity index (χ1n) is 10.2. The molecule has 3 aliphatic rings. The van der Waals surface area contributed by atoms with Crippen LogP contribution in [-0.2, 0) is 6.54 Å². The van der Waals surface area contributed by atoms with Crippen molar-refractivity contribution >= 4 is 17.3 Å². The van der Waals surface area contributed by atoms with Crippen molar-refractivity contribution in [3.63, 3.8) is 0 Å². The molecule has 0 saturated carbocycles. The van der Waals surface area contributed by atoms with Crippen LogP contribution >= 0.6 is 11.6 Å². The van der Waals surface area contributed by atoms with Crippen molar-refractivity contribution in [2.45, 2.75) is 50.6 Å². The van der Waals surface area contributed by atoms with Crippen LogP contribution in [0.25, 0.3) is 0 Å². The van der Waals surface area contributed by atoms with Gasteiger partial charge in [-0.3, -0.25) is 4.90 Å². The number of likely N-dealkylation sites (tertiary alicyclic amines) is 1. The lowest BCUT2D eigenvalue weighted by Gasteiger charge is -2.34. The number of rotatable bonds is 3. The summed E-state index contributed by atoms with van der Waals surface area (Å²) in [6, 6.07) is 16.3. The molecule has 0 N–H and O–H groups in total. The molecule has 2 aromatic carbocycles. The fourth-order valence-electron chi connectivity index (χ4n) is 5.25. The zero-order chi connectivity index (χ0) is 17.5.